The molecule has 6 nitrogen and oxygen atoms in total. The summed E-state index contributed by atoms with van der Waals surface area (Å²) >= 11 is 6.23. The van der Waals surface area contributed by atoms with E-state index in [-0.39, 0.29) is 18.4 Å². The third-order valence-electron chi connectivity index (χ3n) is 4.87. The highest BCUT2D eigenvalue weighted by Crippen LogP contribution is 2.28. The number of piperidine rings is 1. The van der Waals surface area contributed by atoms with Gasteiger partial charge in [0.1, 0.15) is 12.3 Å². The Kier molecular flexibility index (Phi) is 5.25. The summed E-state index contributed by atoms with van der Waals surface area (Å²) in [5.41, 5.74) is 1.02. The summed E-state index contributed by atoms with van der Waals surface area (Å²) in [6, 6.07) is 9.55. The number of amides is 1. The molecule has 7 heteroatoms. The molecule has 0 saturated carbocycles. The molecule has 0 aliphatic carbocycles. The monoisotopic (exact) mass is 384 g/mol. The molecule has 3 heterocycles. The molecule has 0 unspecified atom stereocenters. The van der Waals surface area contributed by atoms with Crippen LogP contribution in [0.4, 0.5) is 0 Å². The number of halogens is 1. The van der Waals surface area contributed by atoms with E-state index in [2.05, 4.69) is 10.1 Å². The van der Waals surface area contributed by atoms with Crippen molar-refractivity contribution in [2.75, 3.05) is 13.1 Å². The zero-order valence-electron chi connectivity index (χ0n) is 14.9. The fraction of sp³-hybridized carbons (Fsp3) is 0.350. The lowest BCUT2D eigenvalue weighted by Crippen LogP contribution is -2.41. The number of rotatable bonds is 5. The van der Waals surface area contributed by atoms with E-state index >= 15 is 0 Å². The average molecular weight is 385 g/mol. The molecule has 4 rings (SSSR count). The maximum absolute atomic E-state index is 12.5. The molecule has 0 bridgehead atoms. The second kappa shape index (κ2) is 7.96. The van der Waals surface area contributed by atoms with Gasteiger partial charge in [0.2, 0.25) is 5.91 Å². The van der Waals surface area contributed by atoms with Gasteiger partial charge in [0.15, 0.2) is 5.89 Å². The van der Waals surface area contributed by atoms with Crippen LogP contribution in [0, 0.1) is 0 Å². The lowest BCUT2D eigenvalue weighted by molar-refractivity contribution is -0.133. The summed E-state index contributed by atoms with van der Waals surface area (Å²) in [6.45, 7) is 1.67. The van der Waals surface area contributed by atoms with Gasteiger partial charge >= 0.3 is 0 Å². The fourth-order valence-corrected chi connectivity index (χ4v) is 3.66. The Morgan fingerprint density at radius 2 is 2.19 bits per heavy atom. The highest BCUT2D eigenvalue weighted by Gasteiger charge is 2.28. The standard InChI is InChI=1S/C20H21ClN4O2/c21-18-7-2-1-5-15(18)11-17-12-22-20(27-17)16-6-3-9-24(13-16)19(26)14-25-10-4-8-23-25/h1-2,4-5,7-8,10,12,16H,3,6,9,11,13-14H2/t16-/m0/s1. The molecule has 1 amide bonds. The summed E-state index contributed by atoms with van der Waals surface area (Å²) in [4.78, 5) is 18.9. The number of carbonyl (C=O) groups excluding carboxylic acids is 1. The van der Waals surface area contributed by atoms with Crippen molar-refractivity contribution in [2.24, 2.45) is 0 Å². The average Bonchev–Trinajstić information content (AvgIpc) is 3.36. The van der Waals surface area contributed by atoms with Crippen LogP contribution in [0.15, 0.2) is 53.3 Å². The molecular weight excluding hydrogens is 364 g/mol. The van der Waals surface area contributed by atoms with E-state index in [1.165, 1.54) is 0 Å². The fourth-order valence-electron chi connectivity index (χ4n) is 3.46. The third-order valence-corrected chi connectivity index (χ3v) is 5.24. The summed E-state index contributed by atoms with van der Waals surface area (Å²) in [5.74, 6) is 1.69. The van der Waals surface area contributed by atoms with E-state index in [0.717, 1.165) is 35.7 Å². The molecule has 1 aliphatic rings. The van der Waals surface area contributed by atoms with Gasteiger partial charge in [0.25, 0.3) is 0 Å². The van der Waals surface area contributed by atoms with E-state index in [4.69, 9.17) is 16.0 Å². The van der Waals surface area contributed by atoms with E-state index in [0.29, 0.717) is 18.9 Å². The van der Waals surface area contributed by atoms with Gasteiger partial charge in [-0.1, -0.05) is 29.8 Å². The van der Waals surface area contributed by atoms with Crippen molar-refractivity contribution in [1.82, 2.24) is 19.7 Å². The van der Waals surface area contributed by atoms with Crippen LogP contribution in [0.1, 0.15) is 36.0 Å². The SMILES string of the molecule is O=C(Cn1cccn1)N1CCC[C@H](c2ncc(Cc3ccccc3Cl)o2)C1. The van der Waals surface area contributed by atoms with Crippen molar-refractivity contribution in [3.63, 3.8) is 0 Å². The van der Waals surface area contributed by atoms with Crippen molar-refractivity contribution in [3.05, 3.63) is 71.2 Å². The lowest BCUT2D eigenvalue weighted by atomic mass is 9.98. The molecule has 0 radical (unpaired) electrons. The Morgan fingerprint density at radius 3 is 3.00 bits per heavy atom. The van der Waals surface area contributed by atoms with Gasteiger partial charge in [0.05, 0.1) is 12.1 Å². The Morgan fingerprint density at radius 1 is 1.30 bits per heavy atom. The van der Waals surface area contributed by atoms with Crippen LogP contribution in [0.5, 0.6) is 0 Å². The molecule has 0 spiro atoms. The molecule has 27 heavy (non-hydrogen) atoms. The molecular formula is C20H21ClN4O2. The molecule has 140 valence electrons. The highest BCUT2D eigenvalue weighted by molar-refractivity contribution is 6.31. The molecule has 1 aromatic carbocycles. The molecule has 3 aromatic rings. The second-order valence-corrected chi connectivity index (χ2v) is 7.22. The molecule has 2 aromatic heterocycles. The number of carbonyl (C=O) groups is 1. The Bertz CT molecular complexity index is 906. The molecule has 1 fully saturated rings. The summed E-state index contributed by atoms with van der Waals surface area (Å²) in [6.07, 6.45) is 7.77. The first-order chi connectivity index (χ1) is 13.2. The quantitative estimate of drug-likeness (QED) is 0.675. The second-order valence-electron chi connectivity index (χ2n) is 6.82. The van der Waals surface area contributed by atoms with Gasteiger partial charge in [-0.25, -0.2) is 4.98 Å². The number of nitrogens with zero attached hydrogens (tertiary/aromatic N) is 4. The zero-order valence-corrected chi connectivity index (χ0v) is 15.7. The number of likely N-dealkylation sites (tertiary alicyclic amines) is 1. The Hall–Kier alpha value is -2.60. The predicted octanol–water partition coefficient (Wildman–Crippen LogP) is 3.52. The number of hydrogen-bond donors (Lipinski definition) is 0. The van der Waals surface area contributed by atoms with Crippen molar-refractivity contribution >= 4 is 17.5 Å². The molecule has 1 atom stereocenters. The minimum absolute atomic E-state index is 0.0752. The van der Waals surface area contributed by atoms with Crippen molar-refractivity contribution in [1.29, 1.82) is 0 Å². The number of hydrogen-bond acceptors (Lipinski definition) is 4. The predicted molar refractivity (Wildman–Crippen MR) is 102 cm³/mol. The first kappa shape index (κ1) is 17.8. The third kappa shape index (κ3) is 4.22. The van der Waals surface area contributed by atoms with Gasteiger partial charge < -0.3 is 9.32 Å². The van der Waals surface area contributed by atoms with Crippen LogP contribution in [0.3, 0.4) is 0 Å². The summed E-state index contributed by atoms with van der Waals surface area (Å²) in [7, 11) is 0. The van der Waals surface area contributed by atoms with Crippen LogP contribution in [0.2, 0.25) is 5.02 Å². The largest absolute Gasteiger partial charge is 0.445 e. The summed E-state index contributed by atoms with van der Waals surface area (Å²) in [5, 5.41) is 4.83. The molecule has 1 saturated heterocycles. The Labute approximate surface area is 162 Å². The van der Waals surface area contributed by atoms with Crippen LogP contribution in [-0.4, -0.2) is 38.7 Å². The van der Waals surface area contributed by atoms with Crippen LogP contribution < -0.4 is 0 Å². The van der Waals surface area contributed by atoms with Crippen LogP contribution >= 0.6 is 11.6 Å². The number of aromatic nitrogens is 3. The number of benzene rings is 1. The van der Waals surface area contributed by atoms with E-state index in [1.807, 2.05) is 35.2 Å². The molecule has 0 N–H and O–H groups in total. The maximum Gasteiger partial charge on any atom is 0.244 e. The minimum Gasteiger partial charge on any atom is -0.445 e. The lowest BCUT2D eigenvalue weighted by Gasteiger charge is -2.31. The molecule has 1 aliphatic heterocycles. The van der Waals surface area contributed by atoms with Gasteiger partial charge in [-0.15, -0.1) is 0 Å². The van der Waals surface area contributed by atoms with Crippen molar-refractivity contribution in [3.8, 4) is 0 Å². The normalized spacial score (nSPS) is 17.2. The van der Waals surface area contributed by atoms with Gasteiger partial charge in [-0.05, 0) is 30.5 Å². The Balaban J connectivity index is 1.40. The first-order valence-electron chi connectivity index (χ1n) is 9.12. The van der Waals surface area contributed by atoms with Crippen molar-refractivity contribution in [2.45, 2.75) is 31.7 Å². The van der Waals surface area contributed by atoms with E-state index < -0.39 is 0 Å². The smallest absolute Gasteiger partial charge is 0.244 e. The zero-order chi connectivity index (χ0) is 18.6. The first-order valence-corrected chi connectivity index (χ1v) is 9.50. The minimum atomic E-state index is 0.0752. The van der Waals surface area contributed by atoms with E-state index in [9.17, 15) is 4.79 Å². The van der Waals surface area contributed by atoms with Gasteiger partial charge in [-0.3, -0.25) is 9.48 Å². The topological polar surface area (TPSA) is 64.2 Å². The van der Waals surface area contributed by atoms with Crippen molar-refractivity contribution < 1.29 is 9.21 Å². The van der Waals surface area contributed by atoms with Gasteiger partial charge in [0, 0.05) is 36.9 Å². The van der Waals surface area contributed by atoms with Crippen LogP contribution in [-0.2, 0) is 17.8 Å². The maximum atomic E-state index is 12.5. The summed E-state index contributed by atoms with van der Waals surface area (Å²) < 4.78 is 7.64. The highest BCUT2D eigenvalue weighted by atomic mass is 35.5. The van der Waals surface area contributed by atoms with Crippen LogP contribution in [0.25, 0.3) is 0 Å². The van der Waals surface area contributed by atoms with E-state index in [1.54, 1.807) is 23.3 Å². The van der Waals surface area contributed by atoms with Gasteiger partial charge in [-0.2, -0.15) is 5.10 Å². The number of oxazole rings is 1.